The number of nitrogens with two attached hydrogens (primary N) is 1. The van der Waals surface area contributed by atoms with Gasteiger partial charge in [0.2, 0.25) is 5.91 Å². The lowest BCUT2D eigenvalue weighted by atomic mass is 9.73. The van der Waals surface area contributed by atoms with Gasteiger partial charge in [-0.3, -0.25) is 9.59 Å². The number of carbonyl (C=O) groups excluding carboxylic acids is 2. The molecule has 0 saturated heterocycles. The van der Waals surface area contributed by atoms with Gasteiger partial charge < -0.3 is 25.8 Å². The van der Waals surface area contributed by atoms with Gasteiger partial charge in [-0.2, -0.15) is 0 Å². The van der Waals surface area contributed by atoms with Crippen LogP contribution in [0.3, 0.4) is 0 Å². The van der Waals surface area contributed by atoms with Gasteiger partial charge >= 0.3 is 5.97 Å². The molecule has 0 fully saturated rings. The second-order valence-electron chi connectivity index (χ2n) is 11.4. The van der Waals surface area contributed by atoms with Crippen LogP contribution in [0, 0.1) is 0 Å². The van der Waals surface area contributed by atoms with Crippen LogP contribution in [-0.4, -0.2) is 45.8 Å². The van der Waals surface area contributed by atoms with E-state index in [0.717, 1.165) is 62.1 Å². The number of carbonyl (C=O) groups is 2. The number of rotatable bonds is 6. The summed E-state index contributed by atoms with van der Waals surface area (Å²) in [5, 5.41) is 8.06. The Kier molecular flexibility index (Phi) is 6.54. The van der Waals surface area contributed by atoms with Gasteiger partial charge in [0.05, 0.1) is 23.5 Å². The Morgan fingerprint density at radius 2 is 1.76 bits per heavy atom. The minimum Gasteiger partial charge on any atom is -0.460 e. The number of nitrogens with zero attached hydrogens (tertiary/aromatic N) is 1. The molecule has 0 saturated carbocycles. The number of esters is 1. The third-order valence-electron chi connectivity index (χ3n) is 7.29. The van der Waals surface area contributed by atoms with E-state index in [2.05, 4.69) is 52.4 Å². The summed E-state index contributed by atoms with van der Waals surface area (Å²) in [7, 11) is 0.950. The van der Waals surface area contributed by atoms with E-state index in [1.807, 2.05) is 36.5 Å². The molecule has 9 heteroatoms. The summed E-state index contributed by atoms with van der Waals surface area (Å²) in [6.07, 6.45) is 1.78. The highest BCUT2D eigenvalue weighted by atomic mass is 16.6. The number of aromatic amines is 2. The third kappa shape index (κ3) is 5.05. The second kappa shape index (κ2) is 10.1. The first-order valence-electron chi connectivity index (χ1n) is 13.8. The van der Waals surface area contributed by atoms with Crippen LogP contribution in [0.4, 0.5) is 5.69 Å². The first kappa shape index (κ1) is 26.6. The molecule has 2 aromatic heterocycles. The topological polar surface area (TPSA) is 126 Å². The monoisotopic (exact) mass is 545 g/mol. The predicted octanol–water partition coefficient (Wildman–Crippen LogP) is 5.13. The lowest BCUT2D eigenvalue weighted by Gasteiger charge is -2.20. The molecule has 6 aromatic rings. The van der Waals surface area contributed by atoms with E-state index in [0.29, 0.717) is 5.69 Å². The van der Waals surface area contributed by atoms with Crippen molar-refractivity contribution in [3.05, 3.63) is 66.9 Å². The van der Waals surface area contributed by atoms with Gasteiger partial charge in [-0.1, -0.05) is 54.8 Å². The molecular formula is C32H32BN5O3. The normalized spacial score (nSPS) is 12.7. The summed E-state index contributed by atoms with van der Waals surface area (Å²) in [5.41, 5.74) is 11.0. The molecule has 0 bridgehead atoms. The van der Waals surface area contributed by atoms with Crippen LogP contribution < -0.4 is 16.5 Å². The molecule has 41 heavy (non-hydrogen) atoms. The van der Waals surface area contributed by atoms with Crippen LogP contribution >= 0.6 is 0 Å². The fourth-order valence-corrected chi connectivity index (χ4v) is 5.35. The van der Waals surface area contributed by atoms with Crippen molar-refractivity contribution in [2.45, 2.75) is 45.7 Å². The highest BCUT2D eigenvalue weighted by Gasteiger charge is 2.23. The number of nitrogens with one attached hydrogen (secondary N) is 3. The van der Waals surface area contributed by atoms with Crippen LogP contribution in [0.25, 0.3) is 54.9 Å². The van der Waals surface area contributed by atoms with E-state index in [4.69, 9.17) is 15.5 Å². The van der Waals surface area contributed by atoms with Crippen LogP contribution in [0.1, 0.15) is 27.2 Å². The second-order valence-corrected chi connectivity index (χ2v) is 11.4. The van der Waals surface area contributed by atoms with Crippen molar-refractivity contribution < 1.29 is 14.3 Å². The summed E-state index contributed by atoms with van der Waals surface area (Å²) >= 11 is 0. The van der Waals surface area contributed by atoms with Crippen LogP contribution in [0.2, 0.25) is 6.82 Å². The molecule has 0 aliphatic carbocycles. The van der Waals surface area contributed by atoms with Gasteiger partial charge in [0.15, 0.2) is 7.28 Å². The molecule has 8 nitrogen and oxygen atoms in total. The number of amides is 1. The Morgan fingerprint density at radius 1 is 1.00 bits per heavy atom. The molecule has 0 spiro atoms. The molecule has 1 amide bonds. The maximum atomic E-state index is 12.9. The average molecular weight is 545 g/mol. The lowest BCUT2D eigenvalue weighted by molar-refractivity contribution is -0.155. The number of anilines is 1. The number of aromatic nitrogens is 3. The summed E-state index contributed by atoms with van der Waals surface area (Å²) in [6.45, 7) is 7.47. The van der Waals surface area contributed by atoms with Crippen molar-refractivity contribution in [3.63, 3.8) is 0 Å². The zero-order chi connectivity index (χ0) is 28.9. The SMILES string of the molecule is CBc1ccc2[nH]cc(-c3nc4c5ccccc5c5ccc(NC(=O)[C@@H](N)CC(=O)OC(C)(C)C)cc5c4[nH]3)c2c1. The lowest BCUT2D eigenvalue weighted by Crippen LogP contribution is -2.39. The van der Waals surface area contributed by atoms with Crippen LogP contribution in [-0.2, 0) is 14.3 Å². The molecule has 0 aliphatic heterocycles. The number of hydrogen-bond acceptors (Lipinski definition) is 5. The largest absolute Gasteiger partial charge is 0.460 e. The quantitative estimate of drug-likeness (QED) is 0.131. The maximum absolute atomic E-state index is 12.9. The van der Waals surface area contributed by atoms with E-state index in [1.54, 1.807) is 20.8 Å². The fourth-order valence-electron chi connectivity index (χ4n) is 5.35. The standard InChI is InChI=1S/C32H32BN5O3/c1-32(2,3)41-27(39)15-25(34)31(40)36-18-10-11-20-19-7-5-6-8-21(19)28-29(23(20)14-18)38-30(37-28)24-16-35-26-12-9-17(33-4)13-22(24)26/h5-14,16,25,33,35H,15,34H2,1-4H3,(H,36,40)(H,37,38)/t25-/m0/s1. The Bertz CT molecular complexity index is 1970. The van der Waals surface area contributed by atoms with E-state index in [-0.39, 0.29) is 6.42 Å². The number of H-pyrrole nitrogens is 2. The number of hydrogen-bond donors (Lipinski definition) is 4. The Hall–Kier alpha value is -4.63. The smallest absolute Gasteiger partial charge is 0.308 e. The van der Waals surface area contributed by atoms with E-state index in [1.165, 1.54) is 5.46 Å². The third-order valence-corrected chi connectivity index (χ3v) is 7.29. The molecular weight excluding hydrogens is 513 g/mol. The maximum Gasteiger partial charge on any atom is 0.308 e. The molecule has 2 heterocycles. The number of fused-ring (bicyclic) bond motifs is 7. The summed E-state index contributed by atoms with van der Waals surface area (Å²) < 4.78 is 5.32. The number of imidazole rings is 1. The van der Waals surface area contributed by atoms with Gasteiger partial charge in [0, 0.05) is 39.1 Å². The van der Waals surface area contributed by atoms with E-state index < -0.39 is 23.5 Å². The van der Waals surface area contributed by atoms with Gasteiger partial charge in [0.25, 0.3) is 0 Å². The summed E-state index contributed by atoms with van der Waals surface area (Å²) in [4.78, 5) is 37.1. The van der Waals surface area contributed by atoms with E-state index >= 15 is 0 Å². The average Bonchev–Trinajstić information content (AvgIpc) is 3.56. The Morgan fingerprint density at radius 3 is 2.51 bits per heavy atom. The minimum absolute atomic E-state index is 0.208. The molecule has 0 radical (unpaired) electrons. The molecule has 0 aliphatic rings. The van der Waals surface area contributed by atoms with Crippen molar-refractivity contribution >= 4 is 73.8 Å². The molecule has 0 unspecified atom stereocenters. The summed E-state index contributed by atoms with van der Waals surface area (Å²) in [5.74, 6) is -0.200. The van der Waals surface area contributed by atoms with Crippen molar-refractivity contribution in [2.24, 2.45) is 5.73 Å². The molecule has 4 aromatic carbocycles. The van der Waals surface area contributed by atoms with Gasteiger partial charge in [-0.15, -0.1) is 0 Å². The zero-order valence-electron chi connectivity index (χ0n) is 23.6. The Labute approximate surface area is 237 Å². The van der Waals surface area contributed by atoms with Gasteiger partial charge in [0.1, 0.15) is 11.4 Å². The predicted molar refractivity (Wildman–Crippen MR) is 168 cm³/mol. The molecule has 206 valence electrons. The van der Waals surface area contributed by atoms with Gasteiger partial charge in [-0.25, -0.2) is 4.98 Å². The summed E-state index contributed by atoms with van der Waals surface area (Å²) in [6, 6.07) is 19.4. The first-order chi connectivity index (χ1) is 19.6. The van der Waals surface area contributed by atoms with Gasteiger partial charge in [-0.05, 0) is 49.7 Å². The zero-order valence-corrected chi connectivity index (χ0v) is 23.6. The minimum atomic E-state index is -1.04. The van der Waals surface area contributed by atoms with E-state index in [9.17, 15) is 9.59 Å². The fraction of sp³-hybridized carbons (Fsp3) is 0.219. The number of benzene rings is 4. The van der Waals surface area contributed by atoms with Crippen LogP contribution in [0.5, 0.6) is 0 Å². The molecule has 6 rings (SSSR count). The molecule has 5 N–H and O–H groups in total. The van der Waals surface area contributed by atoms with Crippen molar-refractivity contribution in [1.82, 2.24) is 15.0 Å². The Balaban J connectivity index is 1.42. The van der Waals surface area contributed by atoms with Crippen molar-refractivity contribution in [3.8, 4) is 11.4 Å². The molecule has 1 atom stereocenters. The van der Waals surface area contributed by atoms with Crippen LogP contribution in [0.15, 0.2) is 66.9 Å². The number of ether oxygens (including phenoxy) is 1. The van der Waals surface area contributed by atoms with Crippen molar-refractivity contribution in [1.29, 1.82) is 0 Å². The highest BCUT2D eigenvalue weighted by molar-refractivity contribution is 6.52. The highest BCUT2D eigenvalue weighted by Crippen LogP contribution is 2.37. The van der Waals surface area contributed by atoms with Crippen molar-refractivity contribution in [2.75, 3.05) is 5.32 Å². The first-order valence-corrected chi connectivity index (χ1v) is 13.8.